The number of ether oxygens (including phenoxy) is 1. The zero-order chi connectivity index (χ0) is 13.4. The Morgan fingerprint density at radius 3 is 2.50 bits per heavy atom. The summed E-state index contributed by atoms with van der Waals surface area (Å²) in [4.78, 5) is 11.8. The first-order chi connectivity index (χ1) is 8.63. The van der Waals surface area contributed by atoms with Gasteiger partial charge in [-0.05, 0) is 44.0 Å². The van der Waals surface area contributed by atoms with Crippen LogP contribution in [0, 0.1) is 0 Å². The van der Waals surface area contributed by atoms with Crippen LogP contribution in [0.1, 0.15) is 56.3 Å². The molecule has 0 spiro atoms. The number of esters is 1. The maximum Gasteiger partial charge on any atom is 0.338 e. The van der Waals surface area contributed by atoms with Crippen LogP contribution in [0.25, 0.3) is 0 Å². The van der Waals surface area contributed by atoms with Crippen LogP contribution in [-0.4, -0.2) is 12.1 Å². The molecule has 0 aromatic heterocycles. The molecule has 0 fully saturated rings. The van der Waals surface area contributed by atoms with Gasteiger partial charge in [-0.15, -0.1) is 0 Å². The molecule has 0 aliphatic carbocycles. The summed E-state index contributed by atoms with van der Waals surface area (Å²) < 4.78 is 5.37. The number of carbonyl (C=O) groups is 1. The number of unbranched alkanes of at least 4 members (excludes halogenated alkanes) is 3. The maximum absolute atomic E-state index is 11.8. The van der Waals surface area contributed by atoms with E-state index in [1.54, 1.807) is 24.3 Å². The average Bonchev–Trinajstić information content (AvgIpc) is 2.35. The molecule has 2 nitrogen and oxygen atoms in total. The highest BCUT2D eigenvalue weighted by Gasteiger charge is 2.11. The van der Waals surface area contributed by atoms with Gasteiger partial charge in [-0.25, -0.2) is 4.79 Å². The first-order valence-corrected chi connectivity index (χ1v) is 6.97. The van der Waals surface area contributed by atoms with Crippen molar-refractivity contribution >= 4 is 17.6 Å². The standard InChI is InChI=1S/C15H21ClO2/c1-3-4-5-6-7-12(2)18-15(17)13-8-10-14(16)11-9-13/h8-12H,3-7H2,1-2H3. The molecule has 1 aromatic carbocycles. The van der Waals surface area contributed by atoms with Gasteiger partial charge in [-0.3, -0.25) is 0 Å². The fraction of sp³-hybridized carbons (Fsp3) is 0.533. The number of halogens is 1. The molecule has 1 atom stereocenters. The van der Waals surface area contributed by atoms with E-state index in [1.165, 1.54) is 19.3 Å². The number of benzene rings is 1. The number of rotatable bonds is 7. The molecule has 0 bridgehead atoms. The second kappa shape index (κ2) is 8.15. The van der Waals surface area contributed by atoms with Gasteiger partial charge in [-0.2, -0.15) is 0 Å². The largest absolute Gasteiger partial charge is 0.459 e. The van der Waals surface area contributed by atoms with Crippen LogP contribution >= 0.6 is 11.6 Å². The van der Waals surface area contributed by atoms with Crippen molar-refractivity contribution in [3.63, 3.8) is 0 Å². The van der Waals surface area contributed by atoms with Crippen molar-refractivity contribution in [2.45, 2.75) is 52.1 Å². The molecule has 18 heavy (non-hydrogen) atoms. The molecule has 0 saturated carbocycles. The van der Waals surface area contributed by atoms with Gasteiger partial charge in [0.2, 0.25) is 0 Å². The normalized spacial score (nSPS) is 12.2. The lowest BCUT2D eigenvalue weighted by Crippen LogP contribution is -2.14. The number of hydrogen-bond donors (Lipinski definition) is 0. The predicted octanol–water partition coefficient (Wildman–Crippen LogP) is 4.86. The summed E-state index contributed by atoms with van der Waals surface area (Å²) in [6.45, 7) is 4.13. The number of hydrogen-bond acceptors (Lipinski definition) is 2. The van der Waals surface area contributed by atoms with Gasteiger partial charge in [0, 0.05) is 5.02 Å². The van der Waals surface area contributed by atoms with Crippen molar-refractivity contribution in [3.05, 3.63) is 34.9 Å². The van der Waals surface area contributed by atoms with Crippen LogP contribution in [0.2, 0.25) is 5.02 Å². The molecular formula is C15H21ClO2. The summed E-state index contributed by atoms with van der Waals surface area (Å²) in [5.74, 6) is -0.269. The van der Waals surface area contributed by atoms with Crippen molar-refractivity contribution in [2.75, 3.05) is 0 Å². The first-order valence-electron chi connectivity index (χ1n) is 6.60. The highest BCUT2D eigenvalue weighted by atomic mass is 35.5. The minimum atomic E-state index is -0.269. The third-order valence-corrected chi connectivity index (χ3v) is 3.10. The molecular weight excluding hydrogens is 248 g/mol. The van der Waals surface area contributed by atoms with Gasteiger partial charge in [0.25, 0.3) is 0 Å². The van der Waals surface area contributed by atoms with E-state index in [-0.39, 0.29) is 12.1 Å². The Kier molecular flexibility index (Phi) is 6.81. The lowest BCUT2D eigenvalue weighted by atomic mass is 10.1. The molecule has 0 radical (unpaired) electrons. The molecule has 0 N–H and O–H groups in total. The Bertz CT molecular complexity index is 359. The lowest BCUT2D eigenvalue weighted by molar-refractivity contribution is 0.0319. The Hall–Kier alpha value is -1.02. The highest BCUT2D eigenvalue weighted by Crippen LogP contribution is 2.13. The fourth-order valence-electron chi connectivity index (χ4n) is 1.75. The second-order valence-electron chi connectivity index (χ2n) is 4.57. The quantitative estimate of drug-likeness (QED) is 0.522. The molecule has 0 saturated heterocycles. The first kappa shape index (κ1) is 15.0. The Labute approximate surface area is 114 Å². The minimum absolute atomic E-state index is 0.0231. The van der Waals surface area contributed by atoms with Crippen molar-refractivity contribution in [1.29, 1.82) is 0 Å². The van der Waals surface area contributed by atoms with Crippen molar-refractivity contribution < 1.29 is 9.53 Å². The zero-order valence-corrected chi connectivity index (χ0v) is 11.9. The molecule has 3 heteroatoms. The summed E-state index contributed by atoms with van der Waals surface area (Å²) in [6, 6.07) is 6.77. The summed E-state index contributed by atoms with van der Waals surface area (Å²) in [6.07, 6.45) is 5.70. The number of carbonyl (C=O) groups excluding carboxylic acids is 1. The summed E-state index contributed by atoms with van der Waals surface area (Å²) in [7, 11) is 0. The van der Waals surface area contributed by atoms with Crippen molar-refractivity contribution in [1.82, 2.24) is 0 Å². The SMILES string of the molecule is CCCCCCC(C)OC(=O)c1ccc(Cl)cc1. The maximum atomic E-state index is 11.8. The Morgan fingerprint density at radius 1 is 1.22 bits per heavy atom. The van der Waals surface area contributed by atoms with Gasteiger partial charge >= 0.3 is 5.97 Å². The summed E-state index contributed by atoms with van der Waals surface area (Å²) >= 11 is 5.77. The molecule has 1 rings (SSSR count). The highest BCUT2D eigenvalue weighted by molar-refractivity contribution is 6.30. The monoisotopic (exact) mass is 268 g/mol. The van der Waals surface area contributed by atoms with Crippen LogP contribution < -0.4 is 0 Å². The molecule has 0 heterocycles. The average molecular weight is 269 g/mol. The van der Waals surface area contributed by atoms with Gasteiger partial charge in [0.1, 0.15) is 0 Å². The molecule has 1 aromatic rings. The van der Waals surface area contributed by atoms with E-state index in [9.17, 15) is 4.79 Å². The lowest BCUT2D eigenvalue weighted by Gasteiger charge is -2.13. The van der Waals surface area contributed by atoms with Crippen molar-refractivity contribution in [3.8, 4) is 0 Å². The van der Waals surface area contributed by atoms with E-state index in [4.69, 9.17) is 16.3 Å². The summed E-state index contributed by atoms with van der Waals surface area (Å²) in [5, 5.41) is 0.624. The topological polar surface area (TPSA) is 26.3 Å². The van der Waals surface area contributed by atoms with E-state index in [1.807, 2.05) is 6.92 Å². The molecule has 100 valence electrons. The zero-order valence-electron chi connectivity index (χ0n) is 11.1. The Balaban J connectivity index is 2.33. The van der Waals surface area contributed by atoms with E-state index in [2.05, 4.69) is 6.92 Å². The molecule has 0 aliphatic heterocycles. The fourth-order valence-corrected chi connectivity index (χ4v) is 1.88. The van der Waals surface area contributed by atoms with E-state index in [0.29, 0.717) is 10.6 Å². The van der Waals surface area contributed by atoms with Crippen LogP contribution in [-0.2, 0) is 4.74 Å². The molecule has 0 aliphatic rings. The third-order valence-electron chi connectivity index (χ3n) is 2.85. The van der Waals surface area contributed by atoms with Crippen LogP contribution in [0.15, 0.2) is 24.3 Å². The van der Waals surface area contributed by atoms with Gasteiger partial charge in [0.15, 0.2) is 0 Å². The smallest absolute Gasteiger partial charge is 0.338 e. The van der Waals surface area contributed by atoms with E-state index < -0.39 is 0 Å². The van der Waals surface area contributed by atoms with Crippen LogP contribution in [0.3, 0.4) is 0 Å². The minimum Gasteiger partial charge on any atom is -0.459 e. The van der Waals surface area contributed by atoms with Crippen molar-refractivity contribution in [2.24, 2.45) is 0 Å². The van der Waals surface area contributed by atoms with E-state index >= 15 is 0 Å². The van der Waals surface area contributed by atoms with Gasteiger partial charge in [0.05, 0.1) is 11.7 Å². The van der Waals surface area contributed by atoms with Crippen LogP contribution in [0.4, 0.5) is 0 Å². The predicted molar refractivity (Wildman–Crippen MR) is 75.1 cm³/mol. The van der Waals surface area contributed by atoms with Gasteiger partial charge in [-0.1, -0.05) is 37.8 Å². The molecule has 1 unspecified atom stereocenters. The Morgan fingerprint density at radius 2 is 1.89 bits per heavy atom. The van der Waals surface area contributed by atoms with Gasteiger partial charge < -0.3 is 4.74 Å². The molecule has 0 amide bonds. The third kappa shape index (κ3) is 5.54. The van der Waals surface area contributed by atoms with Crippen LogP contribution in [0.5, 0.6) is 0 Å². The van der Waals surface area contributed by atoms with E-state index in [0.717, 1.165) is 12.8 Å². The second-order valence-corrected chi connectivity index (χ2v) is 5.01. The summed E-state index contributed by atoms with van der Waals surface area (Å²) in [5.41, 5.74) is 0.555.